The fourth-order valence-electron chi connectivity index (χ4n) is 5.23. The molecule has 182 valence electrons. The summed E-state index contributed by atoms with van der Waals surface area (Å²) < 4.78 is 7.69. The Morgan fingerprint density at radius 3 is 2.83 bits per heavy atom. The first-order valence-electron chi connectivity index (χ1n) is 11.8. The highest BCUT2D eigenvalue weighted by atomic mass is 32.1. The van der Waals surface area contributed by atoms with Gasteiger partial charge in [-0.1, -0.05) is 6.07 Å². The largest absolute Gasteiger partial charge is 0.496 e. The van der Waals surface area contributed by atoms with E-state index in [-0.39, 0.29) is 5.91 Å². The van der Waals surface area contributed by atoms with Gasteiger partial charge in [0.25, 0.3) is 5.91 Å². The monoisotopic (exact) mass is 500 g/mol. The molecular formula is C25H24N8O2S. The Kier molecular flexibility index (Phi) is 5.15. The summed E-state index contributed by atoms with van der Waals surface area (Å²) in [4.78, 5) is 22.8. The number of benzene rings is 1. The molecule has 0 spiro atoms. The molecule has 1 aromatic carbocycles. The van der Waals surface area contributed by atoms with E-state index in [0.717, 1.165) is 39.4 Å². The topological polar surface area (TPSA) is 115 Å². The molecule has 5 heterocycles. The molecule has 0 saturated carbocycles. The Bertz CT molecular complexity index is 1530. The maximum atomic E-state index is 13.8. The van der Waals surface area contributed by atoms with Gasteiger partial charge in [0.15, 0.2) is 5.82 Å². The quantitative estimate of drug-likeness (QED) is 0.421. The van der Waals surface area contributed by atoms with Gasteiger partial charge >= 0.3 is 0 Å². The van der Waals surface area contributed by atoms with E-state index >= 15 is 0 Å². The zero-order valence-corrected chi connectivity index (χ0v) is 21.0. The first kappa shape index (κ1) is 22.4. The number of amides is 1. The molecule has 1 atom stereocenters. The summed E-state index contributed by atoms with van der Waals surface area (Å²) in [6.07, 6.45) is 2.18. The average Bonchev–Trinajstić information content (AvgIpc) is 3.68. The van der Waals surface area contributed by atoms with Gasteiger partial charge < -0.3 is 14.2 Å². The minimum absolute atomic E-state index is 0.201. The second kappa shape index (κ2) is 8.27. The van der Waals surface area contributed by atoms with E-state index in [1.54, 1.807) is 30.4 Å². The van der Waals surface area contributed by atoms with Gasteiger partial charge in [-0.3, -0.25) is 4.79 Å². The summed E-state index contributed by atoms with van der Waals surface area (Å²) in [7, 11) is 3.35. The molecule has 0 bridgehead atoms. The highest BCUT2D eigenvalue weighted by molar-refractivity contribution is 7.13. The molecule has 11 heteroatoms. The van der Waals surface area contributed by atoms with Crippen LogP contribution in [0.1, 0.15) is 35.9 Å². The average molecular weight is 501 g/mol. The van der Waals surface area contributed by atoms with Crippen LogP contribution in [0.4, 0.5) is 0 Å². The summed E-state index contributed by atoms with van der Waals surface area (Å²) >= 11 is 1.58. The van der Waals surface area contributed by atoms with Crippen LogP contribution in [0.2, 0.25) is 0 Å². The Balaban J connectivity index is 1.56. The van der Waals surface area contributed by atoms with Gasteiger partial charge in [0, 0.05) is 18.7 Å². The molecule has 2 aliphatic heterocycles. The van der Waals surface area contributed by atoms with Crippen LogP contribution in [-0.2, 0) is 20.0 Å². The van der Waals surface area contributed by atoms with Crippen molar-refractivity contribution in [2.75, 3.05) is 13.7 Å². The van der Waals surface area contributed by atoms with Crippen LogP contribution in [0.25, 0.3) is 33.2 Å². The lowest BCUT2D eigenvalue weighted by Gasteiger charge is -2.29. The summed E-state index contributed by atoms with van der Waals surface area (Å²) in [5.41, 5.74) is 3.61. The fourth-order valence-corrected chi connectivity index (χ4v) is 5.95. The number of fused-ring (bicyclic) bond motifs is 3. The number of rotatable bonds is 4. The Morgan fingerprint density at radius 1 is 1.28 bits per heavy atom. The maximum Gasteiger partial charge on any atom is 0.291 e. The van der Waals surface area contributed by atoms with Gasteiger partial charge in [-0.15, -0.1) is 21.5 Å². The van der Waals surface area contributed by atoms with Crippen molar-refractivity contribution in [1.82, 2.24) is 34.7 Å². The lowest BCUT2D eigenvalue weighted by Crippen LogP contribution is -2.45. The maximum absolute atomic E-state index is 13.8. The molecule has 3 aromatic heterocycles. The van der Waals surface area contributed by atoms with Gasteiger partial charge in [-0.05, 0) is 60.5 Å². The number of hydrogen-bond acceptors (Lipinski definition) is 8. The molecule has 6 rings (SSSR count). The molecule has 0 aliphatic carbocycles. The van der Waals surface area contributed by atoms with Crippen molar-refractivity contribution in [2.24, 2.45) is 7.05 Å². The number of carbonyl (C=O) groups excluding carboxylic acids is 1. The second-order valence-corrected chi connectivity index (χ2v) is 10.2. The SMILES string of the molecule is COc1cc2c(cc1-c1nnn(C)n1)-c1c(-c3cccs3)nc(C(=O)N3CCC[C@]3(C)C#N)n1CC2. The molecule has 0 N–H and O–H groups in total. The number of hydrogen-bond donors (Lipinski definition) is 0. The Hall–Kier alpha value is -4.04. The van der Waals surface area contributed by atoms with E-state index in [0.29, 0.717) is 43.3 Å². The molecule has 4 aromatic rings. The van der Waals surface area contributed by atoms with Crippen LogP contribution in [0.5, 0.6) is 5.75 Å². The zero-order valence-electron chi connectivity index (χ0n) is 20.2. The van der Waals surface area contributed by atoms with E-state index in [9.17, 15) is 10.1 Å². The van der Waals surface area contributed by atoms with Gasteiger partial charge in [-0.2, -0.15) is 10.1 Å². The third-order valence-corrected chi connectivity index (χ3v) is 7.95. The van der Waals surface area contributed by atoms with E-state index in [2.05, 4.69) is 21.5 Å². The molecule has 0 unspecified atom stereocenters. The minimum atomic E-state index is -0.822. The van der Waals surface area contributed by atoms with Crippen LogP contribution in [-0.4, -0.2) is 59.8 Å². The highest BCUT2D eigenvalue weighted by Crippen LogP contribution is 2.44. The fraction of sp³-hybridized carbons (Fsp3) is 0.360. The van der Waals surface area contributed by atoms with Crippen LogP contribution >= 0.6 is 11.3 Å². The third kappa shape index (κ3) is 3.32. The van der Waals surface area contributed by atoms with Crippen molar-refractivity contribution in [3.05, 3.63) is 41.0 Å². The predicted octanol–water partition coefficient (Wildman–Crippen LogP) is 3.55. The zero-order chi connectivity index (χ0) is 25.0. The predicted molar refractivity (Wildman–Crippen MR) is 133 cm³/mol. The molecule has 1 amide bonds. The highest BCUT2D eigenvalue weighted by Gasteiger charge is 2.42. The normalized spacial score (nSPS) is 18.6. The number of aromatic nitrogens is 6. The summed E-state index contributed by atoms with van der Waals surface area (Å²) in [6, 6.07) is 10.4. The van der Waals surface area contributed by atoms with Crippen LogP contribution in [0.15, 0.2) is 29.6 Å². The number of nitriles is 1. The van der Waals surface area contributed by atoms with Crippen molar-refractivity contribution < 1.29 is 9.53 Å². The number of aryl methyl sites for hydroxylation is 2. The number of carbonyl (C=O) groups is 1. The smallest absolute Gasteiger partial charge is 0.291 e. The molecule has 2 aliphatic rings. The van der Waals surface area contributed by atoms with Crippen molar-refractivity contribution in [3.8, 4) is 45.0 Å². The molecule has 36 heavy (non-hydrogen) atoms. The molecule has 1 saturated heterocycles. The lowest BCUT2D eigenvalue weighted by molar-refractivity contribution is 0.0675. The number of likely N-dealkylation sites (tertiary alicyclic amines) is 1. The minimum Gasteiger partial charge on any atom is -0.496 e. The number of nitrogens with zero attached hydrogens (tertiary/aromatic N) is 8. The number of imidazole rings is 1. The molecular weight excluding hydrogens is 476 g/mol. The van der Waals surface area contributed by atoms with Crippen LogP contribution < -0.4 is 4.74 Å². The first-order chi connectivity index (χ1) is 17.4. The van der Waals surface area contributed by atoms with Crippen molar-refractivity contribution in [3.63, 3.8) is 0 Å². The van der Waals surface area contributed by atoms with Crippen molar-refractivity contribution >= 4 is 17.2 Å². The van der Waals surface area contributed by atoms with Gasteiger partial charge in [0.05, 0.1) is 36.4 Å². The standard InChI is InChI=1S/C25H24N8O2S/c1-25(14-26)8-5-9-33(25)24(34)23-27-20(19-6-4-11-36-19)21-16-13-17(22-28-30-31(2)29-22)18(35-3)12-15(16)7-10-32(21)23/h4,6,11-13H,5,7-10H2,1-3H3/t25-/m1/s1. The molecule has 0 radical (unpaired) electrons. The summed E-state index contributed by atoms with van der Waals surface area (Å²) in [5.74, 6) is 1.31. The number of ether oxygens (including phenoxy) is 1. The number of tetrazole rings is 1. The van der Waals surface area contributed by atoms with Crippen LogP contribution in [0.3, 0.4) is 0 Å². The number of methoxy groups -OCH3 is 1. The summed E-state index contributed by atoms with van der Waals surface area (Å²) in [6.45, 7) is 2.99. The first-order valence-corrected chi connectivity index (χ1v) is 12.6. The van der Waals surface area contributed by atoms with E-state index in [1.807, 2.05) is 41.1 Å². The molecule has 1 fully saturated rings. The van der Waals surface area contributed by atoms with Crippen LogP contribution in [0, 0.1) is 11.3 Å². The summed E-state index contributed by atoms with van der Waals surface area (Å²) in [5, 5.41) is 24.4. The second-order valence-electron chi connectivity index (χ2n) is 9.27. The Labute approximate surface area is 211 Å². The van der Waals surface area contributed by atoms with E-state index in [1.165, 1.54) is 4.80 Å². The Morgan fingerprint density at radius 2 is 2.14 bits per heavy atom. The van der Waals surface area contributed by atoms with E-state index in [4.69, 9.17) is 9.72 Å². The van der Waals surface area contributed by atoms with E-state index < -0.39 is 5.54 Å². The van der Waals surface area contributed by atoms with Crippen molar-refractivity contribution in [1.29, 1.82) is 5.26 Å². The number of thiophene rings is 1. The molecule has 10 nitrogen and oxygen atoms in total. The van der Waals surface area contributed by atoms with Gasteiger partial charge in [0.1, 0.15) is 17.0 Å². The van der Waals surface area contributed by atoms with Gasteiger partial charge in [0.2, 0.25) is 5.82 Å². The van der Waals surface area contributed by atoms with Crippen molar-refractivity contribution in [2.45, 2.75) is 38.3 Å². The van der Waals surface area contributed by atoms with Gasteiger partial charge in [-0.25, -0.2) is 4.98 Å². The lowest BCUT2D eigenvalue weighted by atomic mass is 9.93. The third-order valence-electron chi connectivity index (χ3n) is 7.07.